The largest absolute Gasteiger partial charge is 0.379 e. The lowest BCUT2D eigenvalue weighted by Crippen LogP contribution is -2.60. The van der Waals surface area contributed by atoms with E-state index in [1.54, 1.807) is 13.1 Å². The number of hydrogen-bond donors (Lipinski definition) is 1. The quantitative estimate of drug-likeness (QED) is 0.844. The molecule has 2 saturated heterocycles. The lowest BCUT2D eigenvalue weighted by Gasteiger charge is -2.44. The number of morpholine rings is 1. The molecule has 0 bridgehead atoms. The lowest BCUT2D eigenvalue weighted by molar-refractivity contribution is -0.147. The summed E-state index contributed by atoms with van der Waals surface area (Å²) < 4.78 is 7.24. The highest BCUT2D eigenvalue weighted by Gasteiger charge is 2.40. The van der Waals surface area contributed by atoms with E-state index in [1.807, 2.05) is 29.6 Å². The van der Waals surface area contributed by atoms with Gasteiger partial charge in [-0.05, 0) is 32.8 Å². The fraction of sp³-hybridized carbons (Fsp3) is 0.722. The number of likely N-dealkylation sites (tertiary alicyclic amines) is 1. The van der Waals surface area contributed by atoms with Gasteiger partial charge in [-0.15, -0.1) is 0 Å². The SMILES string of the molecule is CNC(=O)c1ccn(C2CCCN(C(=O)C(C)(C)N3CCOCC3)C2)n1. The van der Waals surface area contributed by atoms with Crippen LogP contribution in [0.25, 0.3) is 0 Å². The molecule has 1 N–H and O–H groups in total. The summed E-state index contributed by atoms with van der Waals surface area (Å²) in [6.45, 7) is 8.32. The highest BCUT2D eigenvalue weighted by atomic mass is 16.5. The van der Waals surface area contributed by atoms with Gasteiger partial charge in [-0.3, -0.25) is 19.2 Å². The van der Waals surface area contributed by atoms with E-state index in [0.29, 0.717) is 25.5 Å². The number of hydrogen-bond acceptors (Lipinski definition) is 5. The average Bonchev–Trinajstić information content (AvgIpc) is 3.18. The van der Waals surface area contributed by atoms with Crippen molar-refractivity contribution in [2.75, 3.05) is 46.4 Å². The Morgan fingerprint density at radius 3 is 2.69 bits per heavy atom. The van der Waals surface area contributed by atoms with Gasteiger partial charge in [0.1, 0.15) is 5.69 Å². The molecule has 1 unspecified atom stereocenters. The maximum atomic E-state index is 13.2. The number of carbonyl (C=O) groups is 2. The van der Waals surface area contributed by atoms with Gasteiger partial charge in [0.25, 0.3) is 5.91 Å². The Labute approximate surface area is 154 Å². The predicted molar refractivity (Wildman–Crippen MR) is 96.9 cm³/mol. The molecule has 2 aliphatic rings. The molecule has 2 amide bonds. The summed E-state index contributed by atoms with van der Waals surface area (Å²) in [7, 11) is 1.59. The summed E-state index contributed by atoms with van der Waals surface area (Å²) >= 11 is 0. The van der Waals surface area contributed by atoms with E-state index in [-0.39, 0.29) is 17.9 Å². The Bertz CT molecular complexity index is 651. The molecule has 0 aliphatic carbocycles. The first-order valence-corrected chi connectivity index (χ1v) is 9.33. The van der Waals surface area contributed by atoms with Crippen molar-refractivity contribution in [3.63, 3.8) is 0 Å². The summed E-state index contributed by atoms with van der Waals surface area (Å²) in [6, 6.07) is 1.82. The van der Waals surface area contributed by atoms with E-state index < -0.39 is 5.54 Å². The zero-order chi connectivity index (χ0) is 18.7. The zero-order valence-corrected chi connectivity index (χ0v) is 15.9. The molecule has 0 spiro atoms. The first-order valence-electron chi connectivity index (χ1n) is 9.33. The van der Waals surface area contributed by atoms with Crippen molar-refractivity contribution < 1.29 is 14.3 Å². The molecule has 144 valence electrons. The van der Waals surface area contributed by atoms with Crippen LogP contribution in [0.15, 0.2) is 12.3 Å². The second-order valence-electron chi connectivity index (χ2n) is 7.47. The molecule has 8 heteroatoms. The number of nitrogens with one attached hydrogen (secondary N) is 1. The Kier molecular flexibility index (Phi) is 5.62. The molecule has 3 rings (SSSR count). The van der Waals surface area contributed by atoms with Crippen LogP contribution in [0.5, 0.6) is 0 Å². The lowest BCUT2D eigenvalue weighted by atomic mass is 9.97. The standard InChI is InChI=1S/C18H29N5O3/c1-18(2,22-9-11-26-12-10-22)17(25)21-7-4-5-14(13-21)23-8-6-15(20-23)16(24)19-3/h6,8,14H,4-5,7,9-13H2,1-3H3,(H,19,24). The van der Waals surface area contributed by atoms with E-state index in [2.05, 4.69) is 15.3 Å². The normalized spacial score (nSPS) is 22.3. The molecule has 0 aromatic carbocycles. The summed E-state index contributed by atoms with van der Waals surface area (Å²) in [5, 5.41) is 6.98. The number of carbonyl (C=O) groups excluding carboxylic acids is 2. The molecule has 1 aromatic heterocycles. The van der Waals surface area contributed by atoms with E-state index in [0.717, 1.165) is 32.5 Å². The molecule has 1 aromatic rings. The highest BCUT2D eigenvalue weighted by Crippen LogP contribution is 2.26. The molecule has 0 saturated carbocycles. The molecule has 2 fully saturated rings. The van der Waals surface area contributed by atoms with Crippen LogP contribution in [0.1, 0.15) is 43.2 Å². The minimum Gasteiger partial charge on any atom is -0.379 e. The summed E-state index contributed by atoms with van der Waals surface area (Å²) in [5.41, 5.74) is -0.132. The van der Waals surface area contributed by atoms with Crippen LogP contribution in [-0.4, -0.2) is 83.4 Å². The fourth-order valence-electron chi connectivity index (χ4n) is 3.79. The molecule has 26 heavy (non-hydrogen) atoms. The summed E-state index contributed by atoms with van der Waals surface area (Å²) in [4.78, 5) is 29.1. The van der Waals surface area contributed by atoms with Crippen molar-refractivity contribution in [2.45, 2.75) is 38.3 Å². The molecule has 3 heterocycles. The predicted octanol–water partition coefficient (Wildman–Crippen LogP) is 0.517. The maximum absolute atomic E-state index is 13.2. The van der Waals surface area contributed by atoms with Crippen LogP contribution >= 0.6 is 0 Å². The number of piperidine rings is 1. The first-order chi connectivity index (χ1) is 12.4. The number of amides is 2. The summed E-state index contributed by atoms with van der Waals surface area (Å²) in [5.74, 6) is -0.0382. The smallest absolute Gasteiger partial charge is 0.271 e. The Balaban J connectivity index is 1.68. The second kappa shape index (κ2) is 7.75. The van der Waals surface area contributed by atoms with Crippen LogP contribution in [0.4, 0.5) is 0 Å². The van der Waals surface area contributed by atoms with Gasteiger partial charge in [0.05, 0.1) is 24.8 Å². The third-order valence-electron chi connectivity index (χ3n) is 5.45. The van der Waals surface area contributed by atoms with E-state index in [9.17, 15) is 9.59 Å². The number of nitrogens with zero attached hydrogens (tertiary/aromatic N) is 4. The van der Waals surface area contributed by atoms with Crippen LogP contribution in [0, 0.1) is 0 Å². The first kappa shape index (κ1) is 18.8. The van der Waals surface area contributed by atoms with Gasteiger partial charge >= 0.3 is 0 Å². The topological polar surface area (TPSA) is 79.7 Å². The molecular formula is C18H29N5O3. The van der Waals surface area contributed by atoms with Crippen molar-refractivity contribution in [1.82, 2.24) is 24.9 Å². The van der Waals surface area contributed by atoms with Gasteiger partial charge < -0.3 is 15.0 Å². The minimum atomic E-state index is -0.539. The molecular weight excluding hydrogens is 334 g/mol. The van der Waals surface area contributed by atoms with E-state index in [1.165, 1.54) is 0 Å². The van der Waals surface area contributed by atoms with Crippen molar-refractivity contribution in [1.29, 1.82) is 0 Å². The van der Waals surface area contributed by atoms with Crippen molar-refractivity contribution in [2.24, 2.45) is 0 Å². The molecule has 1 atom stereocenters. The van der Waals surface area contributed by atoms with Crippen LogP contribution in [0.3, 0.4) is 0 Å². The monoisotopic (exact) mass is 363 g/mol. The van der Waals surface area contributed by atoms with Crippen LogP contribution in [-0.2, 0) is 9.53 Å². The Morgan fingerprint density at radius 2 is 2.00 bits per heavy atom. The van der Waals surface area contributed by atoms with Crippen molar-refractivity contribution in [3.8, 4) is 0 Å². The van der Waals surface area contributed by atoms with Crippen LogP contribution < -0.4 is 5.32 Å². The van der Waals surface area contributed by atoms with Gasteiger partial charge in [0, 0.05) is 39.4 Å². The number of ether oxygens (including phenoxy) is 1. The van der Waals surface area contributed by atoms with Gasteiger partial charge in [-0.25, -0.2) is 0 Å². The van der Waals surface area contributed by atoms with Crippen molar-refractivity contribution >= 4 is 11.8 Å². The number of rotatable bonds is 4. The molecule has 2 aliphatic heterocycles. The molecule has 8 nitrogen and oxygen atoms in total. The Morgan fingerprint density at radius 1 is 1.27 bits per heavy atom. The van der Waals surface area contributed by atoms with E-state index >= 15 is 0 Å². The third-order valence-corrected chi connectivity index (χ3v) is 5.45. The van der Waals surface area contributed by atoms with Gasteiger partial charge in [0.15, 0.2) is 0 Å². The van der Waals surface area contributed by atoms with E-state index in [4.69, 9.17) is 4.74 Å². The van der Waals surface area contributed by atoms with Gasteiger partial charge in [-0.1, -0.05) is 0 Å². The minimum absolute atomic E-state index is 0.103. The fourth-order valence-corrected chi connectivity index (χ4v) is 3.79. The highest BCUT2D eigenvalue weighted by molar-refractivity contribution is 5.91. The Hall–Kier alpha value is -1.93. The molecule has 0 radical (unpaired) electrons. The maximum Gasteiger partial charge on any atom is 0.271 e. The average molecular weight is 363 g/mol. The number of aromatic nitrogens is 2. The van der Waals surface area contributed by atoms with Gasteiger partial charge in [-0.2, -0.15) is 5.10 Å². The van der Waals surface area contributed by atoms with Crippen molar-refractivity contribution in [3.05, 3.63) is 18.0 Å². The third kappa shape index (κ3) is 3.76. The van der Waals surface area contributed by atoms with Crippen LogP contribution in [0.2, 0.25) is 0 Å². The second-order valence-corrected chi connectivity index (χ2v) is 7.47. The van der Waals surface area contributed by atoms with Gasteiger partial charge in [0.2, 0.25) is 5.91 Å². The summed E-state index contributed by atoms with van der Waals surface area (Å²) in [6.07, 6.45) is 3.72. The zero-order valence-electron chi connectivity index (χ0n) is 15.9.